The second-order valence-electron chi connectivity index (χ2n) is 9.49. The highest BCUT2D eigenvalue weighted by Gasteiger charge is 2.29. The van der Waals surface area contributed by atoms with E-state index in [-0.39, 0.29) is 12.0 Å². The molecule has 168 valence electrons. The van der Waals surface area contributed by atoms with E-state index in [1.807, 2.05) is 49.9 Å². The molecular weight excluding hydrogens is 392 g/mol. The summed E-state index contributed by atoms with van der Waals surface area (Å²) in [7, 11) is 0. The lowest BCUT2D eigenvalue weighted by Crippen LogP contribution is -2.43. The predicted molar refractivity (Wildman–Crippen MR) is 120 cm³/mol. The van der Waals surface area contributed by atoms with Crippen LogP contribution in [0.25, 0.3) is 0 Å². The molecule has 1 aromatic rings. The van der Waals surface area contributed by atoms with Crippen molar-refractivity contribution >= 4 is 17.7 Å². The van der Waals surface area contributed by atoms with Crippen molar-refractivity contribution in [1.29, 1.82) is 5.26 Å². The number of ether oxygens (including phenoxy) is 1. The first kappa shape index (κ1) is 22.9. The van der Waals surface area contributed by atoms with Crippen LogP contribution in [0.3, 0.4) is 0 Å². The molecule has 2 fully saturated rings. The van der Waals surface area contributed by atoms with E-state index in [1.54, 1.807) is 4.90 Å². The summed E-state index contributed by atoms with van der Waals surface area (Å²) in [5.41, 5.74) is 1.28. The zero-order chi connectivity index (χ0) is 22.4. The second-order valence-corrected chi connectivity index (χ2v) is 9.49. The zero-order valence-electron chi connectivity index (χ0n) is 19.0. The number of hydrogen-bond donors (Lipinski definition) is 0. The molecule has 0 unspecified atom stereocenters. The molecule has 2 amide bonds. The maximum atomic E-state index is 12.9. The van der Waals surface area contributed by atoms with Crippen molar-refractivity contribution in [3.05, 3.63) is 29.8 Å². The van der Waals surface area contributed by atoms with Gasteiger partial charge in [-0.2, -0.15) is 5.26 Å². The molecule has 31 heavy (non-hydrogen) atoms. The van der Waals surface area contributed by atoms with E-state index in [2.05, 4.69) is 11.0 Å². The van der Waals surface area contributed by atoms with Gasteiger partial charge < -0.3 is 19.4 Å². The number of hydrogen-bond acceptors (Lipinski definition) is 5. The summed E-state index contributed by atoms with van der Waals surface area (Å²) in [6.45, 7) is 10.1. The molecule has 0 N–H and O–H groups in total. The van der Waals surface area contributed by atoms with Crippen molar-refractivity contribution in [3.63, 3.8) is 0 Å². The fourth-order valence-corrected chi connectivity index (χ4v) is 4.19. The Morgan fingerprint density at radius 2 is 1.68 bits per heavy atom. The van der Waals surface area contributed by atoms with E-state index in [9.17, 15) is 9.59 Å². The Labute approximate surface area is 185 Å². The molecular formula is C24H34N4O3. The monoisotopic (exact) mass is 426 g/mol. The molecule has 2 aliphatic rings. The minimum absolute atomic E-state index is 0.220. The Morgan fingerprint density at radius 1 is 1.00 bits per heavy atom. The minimum atomic E-state index is -0.484. The number of anilines is 1. The molecule has 0 bridgehead atoms. The van der Waals surface area contributed by atoms with Crippen molar-refractivity contribution in [1.82, 2.24) is 9.80 Å². The number of likely N-dealkylation sites (tertiary alicyclic amines) is 1. The first-order chi connectivity index (χ1) is 14.7. The molecule has 0 aromatic heterocycles. The van der Waals surface area contributed by atoms with Gasteiger partial charge in [0.2, 0.25) is 5.91 Å². The highest BCUT2D eigenvalue weighted by Crippen LogP contribution is 2.24. The number of amides is 2. The maximum absolute atomic E-state index is 12.9. The number of nitrogens with zero attached hydrogens (tertiary/aromatic N) is 4. The van der Waals surface area contributed by atoms with Crippen LogP contribution in [0.1, 0.15) is 52.0 Å². The SMILES string of the molecule is CC(C)(C)OC(=O)N1CCC(CC(=O)N2CCCN(c3ccc(C#N)cc3)CC2)CC1. The topological polar surface area (TPSA) is 76.9 Å². The summed E-state index contributed by atoms with van der Waals surface area (Å²) in [5.74, 6) is 0.543. The Morgan fingerprint density at radius 3 is 2.29 bits per heavy atom. The van der Waals surface area contributed by atoms with Gasteiger partial charge in [-0.3, -0.25) is 4.79 Å². The molecule has 1 aromatic carbocycles. The Kier molecular flexibility index (Phi) is 7.42. The second kappa shape index (κ2) is 10.0. The number of rotatable bonds is 3. The van der Waals surface area contributed by atoms with Crippen LogP contribution >= 0.6 is 0 Å². The Bertz CT molecular complexity index is 802. The van der Waals surface area contributed by atoms with E-state index in [4.69, 9.17) is 10.00 Å². The third-order valence-electron chi connectivity index (χ3n) is 5.94. The molecule has 2 heterocycles. The average molecular weight is 427 g/mol. The Balaban J connectivity index is 1.45. The fraction of sp³-hybridized carbons (Fsp3) is 0.625. The molecule has 0 atom stereocenters. The summed E-state index contributed by atoms with van der Waals surface area (Å²) >= 11 is 0. The third kappa shape index (κ3) is 6.61. The van der Waals surface area contributed by atoms with Crippen LogP contribution in [0, 0.1) is 17.2 Å². The highest BCUT2D eigenvalue weighted by atomic mass is 16.6. The van der Waals surface area contributed by atoms with E-state index in [1.165, 1.54) is 0 Å². The average Bonchev–Trinajstić information content (AvgIpc) is 2.99. The van der Waals surface area contributed by atoms with Crippen molar-refractivity contribution in [2.75, 3.05) is 44.2 Å². The number of carbonyl (C=O) groups excluding carboxylic acids is 2. The summed E-state index contributed by atoms with van der Waals surface area (Å²) < 4.78 is 5.45. The van der Waals surface area contributed by atoms with Gasteiger partial charge in [-0.25, -0.2) is 4.79 Å². The highest BCUT2D eigenvalue weighted by molar-refractivity contribution is 5.76. The van der Waals surface area contributed by atoms with Crippen molar-refractivity contribution in [3.8, 4) is 6.07 Å². The van der Waals surface area contributed by atoms with Gasteiger partial charge >= 0.3 is 6.09 Å². The maximum Gasteiger partial charge on any atom is 0.410 e. The molecule has 7 nitrogen and oxygen atoms in total. The quantitative estimate of drug-likeness (QED) is 0.738. The smallest absolute Gasteiger partial charge is 0.410 e. The third-order valence-corrected chi connectivity index (χ3v) is 5.94. The van der Waals surface area contributed by atoms with Crippen molar-refractivity contribution < 1.29 is 14.3 Å². The standard InChI is InChI=1S/C24H34N4O3/c1-24(2,3)31-23(30)28-13-9-19(10-14-28)17-22(29)27-12-4-11-26(15-16-27)21-7-5-20(18-25)6-8-21/h5-8,19H,4,9-17H2,1-3H3. The summed E-state index contributed by atoms with van der Waals surface area (Å²) in [5, 5.41) is 8.97. The summed E-state index contributed by atoms with van der Waals surface area (Å²) in [6, 6.07) is 9.79. The molecule has 7 heteroatoms. The largest absolute Gasteiger partial charge is 0.444 e. The van der Waals surface area contributed by atoms with Gasteiger partial charge in [-0.15, -0.1) is 0 Å². The number of benzene rings is 1. The van der Waals surface area contributed by atoms with Crippen LogP contribution in [0.5, 0.6) is 0 Å². The summed E-state index contributed by atoms with van der Waals surface area (Å²) in [4.78, 5) is 31.2. The first-order valence-electron chi connectivity index (χ1n) is 11.3. The number of piperidine rings is 1. The number of carbonyl (C=O) groups is 2. The molecule has 0 spiro atoms. The van der Waals surface area contributed by atoms with E-state index in [0.717, 1.165) is 51.1 Å². The van der Waals surface area contributed by atoms with E-state index < -0.39 is 5.60 Å². The minimum Gasteiger partial charge on any atom is -0.444 e. The van der Waals surface area contributed by atoms with Gasteiger partial charge in [-0.1, -0.05) is 0 Å². The normalized spacial score (nSPS) is 18.3. The number of nitriles is 1. The predicted octanol–water partition coefficient (Wildman–Crippen LogP) is 3.63. The Hall–Kier alpha value is -2.75. The van der Waals surface area contributed by atoms with Gasteiger partial charge in [0.25, 0.3) is 0 Å². The van der Waals surface area contributed by atoms with Gasteiger partial charge in [0, 0.05) is 51.4 Å². The molecule has 3 rings (SSSR count). The van der Waals surface area contributed by atoms with Gasteiger partial charge in [0.05, 0.1) is 11.6 Å². The van der Waals surface area contributed by atoms with Crippen LogP contribution in [0.2, 0.25) is 0 Å². The fourth-order valence-electron chi connectivity index (χ4n) is 4.19. The zero-order valence-corrected chi connectivity index (χ0v) is 19.0. The van der Waals surface area contributed by atoms with Gasteiger partial charge in [-0.05, 0) is 70.2 Å². The van der Waals surface area contributed by atoms with Gasteiger partial charge in [0.1, 0.15) is 5.60 Å². The van der Waals surface area contributed by atoms with Crippen LogP contribution in [-0.2, 0) is 9.53 Å². The van der Waals surface area contributed by atoms with Crippen LogP contribution in [0.15, 0.2) is 24.3 Å². The molecule has 2 aliphatic heterocycles. The molecule has 0 saturated carbocycles. The first-order valence-corrected chi connectivity index (χ1v) is 11.3. The lowest BCUT2D eigenvalue weighted by Gasteiger charge is -2.34. The van der Waals surface area contributed by atoms with E-state index in [0.29, 0.717) is 31.0 Å². The lowest BCUT2D eigenvalue weighted by atomic mass is 9.93. The molecule has 2 saturated heterocycles. The molecule has 0 aliphatic carbocycles. The van der Waals surface area contributed by atoms with Crippen LogP contribution in [-0.4, -0.2) is 66.7 Å². The van der Waals surface area contributed by atoms with Crippen LogP contribution < -0.4 is 4.90 Å². The van der Waals surface area contributed by atoms with Crippen molar-refractivity contribution in [2.45, 2.75) is 52.1 Å². The summed E-state index contributed by atoms with van der Waals surface area (Å²) in [6.07, 6.45) is 2.92. The van der Waals surface area contributed by atoms with Crippen molar-refractivity contribution in [2.24, 2.45) is 5.92 Å². The van der Waals surface area contributed by atoms with Gasteiger partial charge in [0.15, 0.2) is 0 Å². The molecule has 0 radical (unpaired) electrons. The van der Waals surface area contributed by atoms with E-state index >= 15 is 0 Å². The lowest BCUT2D eigenvalue weighted by molar-refractivity contribution is -0.132. The van der Waals surface area contributed by atoms with Crippen LogP contribution in [0.4, 0.5) is 10.5 Å².